The molecule has 2 N–H and O–H groups in total. The van der Waals surface area contributed by atoms with Gasteiger partial charge in [0.05, 0.1) is 20.1 Å². The van der Waals surface area contributed by atoms with E-state index in [1.807, 2.05) is 25.2 Å². The van der Waals surface area contributed by atoms with Crippen LogP contribution in [0.1, 0.15) is 27.4 Å². The largest absolute Gasteiger partial charge is 0.357 e. The third kappa shape index (κ3) is 5.51. The van der Waals surface area contributed by atoms with Crippen LogP contribution in [-0.2, 0) is 13.0 Å². The molecule has 0 aliphatic heterocycles. The molecule has 2 rings (SSSR count). The minimum Gasteiger partial charge on any atom is -0.357 e. The second-order valence-electron chi connectivity index (χ2n) is 4.82. The number of rotatable bonds is 6. The van der Waals surface area contributed by atoms with Crippen molar-refractivity contribution < 1.29 is 0 Å². The Labute approximate surface area is 153 Å². The molecule has 2 aromatic rings. The van der Waals surface area contributed by atoms with Gasteiger partial charge in [0, 0.05) is 22.8 Å². The van der Waals surface area contributed by atoms with E-state index in [1.54, 1.807) is 11.3 Å². The lowest BCUT2D eigenvalue weighted by atomic mass is 10.3. The average Bonchev–Trinajstić information content (AvgIpc) is 3.01. The van der Waals surface area contributed by atoms with E-state index in [0.717, 1.165) is 36.2 Å². The van der Waals surface area contributed by atoms with Gasteiger partial charge in [-0.2, -0.15) is 0 Å². The Morgan fingerprint density at radius 2 is 2.09 bits per heavy atom. The van der Waals surface area contributed by atoms with Crippen molar-refractivity contribution in [2.24, 2.45) is 4.99 Å². The zero-order chi connectivity index (χ0) is 15.9. The summed E-state index contributed by atoms with van der Waals surface area (Å²) in [6.45, 7) is 8.61. The first-order chi connectivity index (χ1) is 10.6. The zero-order valence-electron chi connectivity index (χ0n) is 13.1. The van der Waals surface area contributed by atoms with Crippen molar-refractivity contribution in [1.82, 2.24) is 15.6 Å². The number of hydrogen-bond acceptors (Lipinski definition) is 4. The fourth-order valence-electron chi connectivity index (χ4n) is 2.00. The summed E-state index contributed by atoms with van der Waals surface area (Å²) in [5.74, 6) is 0.874. The third-order valence-electron chi connectivity index (χ3n) is 3.02. The molecule has 0 amide bonds. The van der Waals surface area contributed by atoms with Crippen LogP contribution in [0.5, 0.6) is 0 Å². The molecule has 7 heteroatoms. The summed E-state index contributed by atoms with van der Waals surface area (Å²) in [5.41, 5.74) is 1.09. The number of aryl methyl sites for hydroxylation is 2. The van der Waals surface area contributed by atoms with Gasteiger partial charge in [-0.1, -0.05) is 0 Å². The van der Waals surface area contributed by atoms with Crippen LogP contribution >= 0.6 is 45.3 Å². The van der Waals surface area contributed by atoms with Gasteiger partial charge in [0.2, 0.25) is 0 Å². The van der Waals surface area contributed by atoms with E-state index in [2.05, 4.69) is 62.3 Å². The lowest BCUT2D eigenvalue weighted by Gasteiger charge is -2.10. The van der Waals surface area contributed by atoms with Crippen molar-refractivity contribution in [2.75, 3.05) is 13.1 Å². The van der Waals surface area contributed by atoms with Gasteiger partial charge in [0.25, 0.3) is 0 Å². The Morgan fingerprint density at radius 3 is 2.68 bits per heavy atom. The SMILES string of the molecule is CCNC(=NCc1sc(C)nc1C)NCCc1ccc(I)s1. The van der Waals surface area contributed by atoms with E-state index < -0.39 is 0 Å². The van der Waals surface area contributed by atoms with Crippen LogP contribution in [0.4, 0.5) is 0 Å². The highest BCUT2D eigenvalue weighted by Gasteiger charge is 2.05. The smallest absolute Gasteiger partial charge is 0.191 e. The van der Waals surface area contributed by atoms with Crippen molar-refractivity contribution in [2.45, 2.75) is 33.7 Å². The maximum absolute atomic E-state index is 4.66. The van der Waals surface area contributed by atoms with E-state index in [4.69, 9.17) is 0 Å². The quantitative estimate of drug-likeness (QED) is 0.402. The maximum Gasteiger partial charge on any atom is 0.191 e. The number of aliphatic imine (C=N–C) groups is 1. The number of aromatic nitrogens is 1. The molecule has 0 spiro atoms. The number of thiophene rings is 1. The summed E-state index contributed by atoms with van der Waals surface area (Å²) in [6, 6.07) is 4.36. The predicted octanol–water partition coefficient (Wildman–Crippen LogP) is 3.72. The molecular formula is C15H21IN4S2. The molecular weight excluding hydrogens is 427 g/mol. The molecule has 0 fully saturated rings. The third-order valence-corrected chi connectivity index (χ3v) is 6.03. The molecule has 0 aromatic carbocycles. The summed E-state index contributed by atoms with van der Waals surface area (Å²) in [5, 5.41) is 7.80. The molecule has 0 aliphatic carbocycles. The Hall–Kier alpha value is -0.670. The van der Waals surface area contributed by atoms with E-state index >= 15 is 0 Å². The van der Waals surface area contributed by atoms with E-state index in [1.165, 1.54) is 12.6 Å². The Kier molecular flexibility index (Phi) is 7.10. The molecule has 2 aromatic heterocycles. The van der Waals surface area contributed by atoms with Crippen molar-refractivity contribution in [3.05, 3.63) is 35.5 Å². The molecule has 0 unspecified atom stereocenters. The minimum atomic E-state index is 0.684. The van der Waals surface area contributed by atoms with Gasteiger partial charge >= 0.3 is 0 Å². The van der Waals surface area contributed by atoms with Gasteiger partial charge in [0.15, 0.2) is 5.96 Å². The first kappa shape index (κ1) is 17.7. The predicted molar refractivity (Wildman–Crippen MR) is 105 cm³/mol. The van der Waals surface area contributed by atoms with Gasteiger partial charge in [-0.3, -0.25) is 0 Å². The van der Waals surface area contributed by atoms with Crippen LogP contribution in [0.15, 0.2) is 17.1 Å². The monoisotopic (exact) mass is 448 g/mol. The number of nitrogens with one attached hydrogen (secondary N) is 2. The van der Waals surface area contributed by atoms with E-state index in [-0.39, 0.29) is 0 Å². The molecule has 120 valence electrons. The molecule has 0 aliphatic rings. The van der Waals surface area contributed by atoms with Crippen LogP contribution in [0.2, 0.25) is 0 Å². The summed E-state index contributed by atoms with van der Waals surface area (Å²) < 4.78 is 1.34. The standard InChI is InChI=1S/C15H21IN4S2/c1-4-17-15(18-8-7-12-5-6-14(16)22-12)19-9-13-10(2)20-11(3)21-13/h5-6H,4,7-9H2,1-3H3,(H2,17,18,19). The van der Waals surface area contributed by atoms with Crippen molar-refractivity contribution in [3.8, 4) is 0 Å². The molecule has 0 saturated heterocycles. The summed E-state index contributed by atoms with van der Waals surface area (Å²) in [6.07, 6.45) is 1.02. The normalized spacial score (nSPS) is 11.7. The molecule has 0 saturated carbocycles. The molecule has 4 nitrogen and oxygen atoms in total. The Morgan fingerprint density at radius 1 is 1.27 bits per heavy atom. The molecule has 0 radical (unpaired) electrons. The highest BCUT2D eigenvalue weighted by atomic mass is 127. The van der Waals surface area contributed by atoms with Gasteiger partial charge in [-0.25, -0.2) is 9.98 Å². The summed E-state index contributed by atoms with van der Waals surface area (Å²) in [7, 11) is 0. The highest BCUT2D eigenvalue weighted by Crippen LogP contribution is 2.19. The van der Waals surface area contributed by atoms with Gasteiger partial charge in [0.1, 0.15) is 0 Å². The molecule has 0 atom stereocenters. The van der Waals surface area contributed by atoms with Gasteiger partial charge in [-0.15, -0.1) is 22.7 Å². The highest BCUT2D eigenvalue weighted by molar-refractivity contribution is 14.1. The second-order valence-corrected chi connectivity index (χ2v) is 9.17. The first-order valence-corrected chi connectivity index (χ1v) is 9.99. The molecule has 2 heterocycles. The average molecular weight is 448 g/mol. The number of guanidine groups is 1. The van der Waals surface area contributed by atoms with Crippen molar-refractivity contribution in [1.29, 1.82) is 0 Å². The minimum absolute atomic E-state index is 0.684. The van der Waals surface area contributed by atoms with Crippen molar-refractivity contribution in [3.63, 3.8) is 0 Å². The molecule has 0 bridgehead atoms. The fraction of sp³-hybridized carbons (Fsp3) is 0.467. The zero-order valence-corrected chi connectivity index (χ0v) is 16.9. The van der Waals surface area contributed by atoms with Crippen LogP contribution < -0.4 is 10.6 Å². The van der Waals surface area contributed by atoms with Gasteiger partial charge < -0.3 is 10.6 Å². The van der Waals surface area contributed by atoms with Gasteiger partial charge in [-0.05, 0) is 61.9 Å². The van der Waals surface area contributed by atoms with Crippen LogP contribution in [0.25, 0.3) is 0 Å². The van der Waals surface area contributed by atoms with E-state index in [0.29, 0.717) is 6.54 Å². The Balaban J connectivity index is 1.88. The number of thiazole rings is 1. The lowest BCUT2D eigenvalue weighted by molar-refractivity contribution is 0.805. The molecule has 22 heavy (non-hydrogen) atoms. The van der Waals surface area contributed by atoms with E-state index in [9.17, 15) is 0 Å². The topological polar surface area (TPSA) is 49.3 Å². The Bertz CT molecular complexity index is 633. The summed E-state index contributed by atoms with van der Waals surface area (Å²) >= 11 is 5.93. The second kappa shape index (κ2) is 8.83. The van der Waals surface area contributed by atoms with Crippen LogP contribution in [0.3, 0.4) is 0 Å². The first-order valence-electron chi connectivity index (χ1n) is 7.27. The number of hydrogen-bond donors (Lipinski definition) is 2. The maximum atomic E-state index is 4.66. The number of halogens is 1. The lowest BCUT2D eigenvalue weighted by Crippen LogP contribution is -2.38. The van der Waals surface area contributed by atoms with Crippen molar-refractivity contribution >= 4 is 51.2 Å². The van der Waals surface area contributed by atoms with Crippen LogP contribution in [-0.4, -0.2) is 24.0 Å². The van der Waals surface area contributed by atoms with Crippen LogP contribution in [0, 0.1) is 16.7 Å². The summed E-state index contributed by atoms with van der Waals surface area (Å²) in [4.78, 5) is 11.8. The fourth-order valence-corrected chi connectivity index (χ4v) is 4.62. The number of nitrogens with zero attached hydrogens (tertiary/aromatic N) is 2.